The summed E-state index contributed by atoms with van der Waals surface area (Å²) in [5.41, 5.74) is 0. The van der Waals surface area contributed by atoms with Crippen molar-refractivity contribution in [1.29, 1.82) is 0 Å². The van der Waals surface area contributed by atoms with Crippen molar-refractivity contribution in [3.8, 4) is 0 Å². The summed E-state index contributed by atoms with van der Waals surface area (Å²) in [6.45, 7) is 8.69. The average Bonchev–Trinajstić information content (AvgIpc) is 2.97. The van der Waals surface area contributed by atoms with E-state index in [9.17, 15) is 9.59 Å². The Morgan fingerprint density at radius 1 is 1.17 bits per heavy atom. The van der Waals surface area contributed by atoms with Gasteiger partial charge in [0.1, 0.15) is 5.15 Å². The van der Waals surface area contributed by atoms with E-state index in [1.807, 2.05) is 0 Å². The molecule has 0 aromatic carbocycles. The van der Waals surface area contributed by atoms with Crippen molar-refractivity contribution in [2.24, 2.45) is 5.92 Å². The number of carboxylic acid groups (broad SMARTS) is 2. The first-order chi connectivity index (χ1) is 13.5. The molecule has 30 heavy (non-hydrogen) atoms. The van der Waals surface area contributed by atoms with Crippen molar-refractivity contribution in [1.82, 2.24) is 15.2 Å². The Morgan fingerprint density at radius 3 is 2.03 bits per heavy atom. The van der Waals surface area contributed by atoms with Gasteiger partial charge in [-0.25, -0.2) is 14.6 Å². The van der Waals surface area contributed by atoms with E-state index in [1.165, 1.54) is 24.2 Å². The van der Waals surface area contributed by atoms with Crippen LogP contribution in [0.15, 0.2) is 0 Å². The van der Waals surface area contributed by atoms with Crippen LogP contribution in [0.25, 0.3) is 0 Å². The number of aliphatic hydroxyl groups excluding tert-OH is 2. The van der Waals surface area contributed by atoms with E-state index >= 15 is 0 Å². The van der Waals surface area contributed by atoms with E-state index in [1.54, 1.807) is 0 Å². The van der Waals surface area contributed by atoms with Gasteiger partial charge >= 0.3 is 11.9 Å². The van der Waals surface area contributed by atoms with Crippen LogP contribution in [-0.2, 0) is 16.1 Å². The summed E-state index contributed by atoms with van der Waals surface area (Å²) in [5.74, 6) is -2.89. The molecule has 0 bridgehead atoms. The maximum absolute atomic E-state index is 9.77. The SMILES string of the molecule is CC(C)CN(Cc1sc(Cl)nc1Cl)C1CCNCC1.O.O=C(O)C(O)C(O)C(=O)O. The molecule has 0 aliphatic carbocycles. The van der Waals surface area contributed by atoms with Crippen molar-refractivity contribution in [2.45, 2.75) is 51.5 Å². The third-order valence-corrected chi connectivity index (χ3v) is 5.77. The lowest BCUT2D eigenvalue weighted by atomic mass is 10.0. The van der Waals surface area contributed by atoms with Crippen LogP contribution in [0.3, 0.4) is 0 Å². The van der Waals surface area contributed by atoms with Gasteiger partial charge in [-0.1, -0.05) is 37.0 Å². The summed E-state index contributed by atoms with van der Waals surface area (Å²) in [7, 11) is 0. The number of hydrogen-bond acceptors (Lipinski definition) is 8. The van der Waals surface area contributed by atoms with E-state index in [2.05, 4.69) is 29.0 Å². The molecule has 174 valence electrons. The zero-order chi connectivity index (χ0) is 22.1. The third kappa shape index (κ3) is 9.84. The molecule has 2 atom stereocenters. The number of carbonyl (C=O) groups is 2. The zero-order valence-corrected chi connectivity index (χ0v) is 19.0. The van der Waals surface area contributed by atoms with Gasteiger partial charge in [-0.2, -0.15) is 0 Å². The average molecular weight is 490 g/mol. The van der Waals surface area contributed by atoms with Gasteiger partial charge in [-0.3, -0.25) is 4.90 Å². The number of nitrogens with zero attached hydrogens (tertiary/aromatic N) is 2. The third-order valence-electron chi connectivity index (χ3n) is 4.20. The minimum absolute atomic E-state index is 0. The predicted octanol–water partition coefficient (Wildman–Crippen LogP) is 0.713. The second kappa shape index (κ2) is 14.1. The van der Waals surface area contributed by atoms with E-state index < -0.39 is 24.1 Å². The predicted molar refractivity (Wildman–Crippen MR) is 114 cm³/mol. The quantitative estimate of drug-likeness (QED) is 0.351. The maximum atomic E-state index is 9.77. The van der Waals surface area contributed by atoms with Gasteiger partial charge in [0.15, 0.2) is 16.7 Å². The number of carboxylic acids is 2. The number of thiazole rings is 1. The monoisotopic (exact) mass is 489 g/mol. The number of halogens is 2. The molecule has 0 saturated carbocycles. The zero-order valence-electron chi connectivity index (χ0n) is 16.7. The Hall–Kier alpha value is -1.05. The molecular formula is C17H29Cl2N3O7S. The Bertz CT molecular complexity index is 654. The van der Waals surface area contributed by atoms with Gasteiger partial charge in [0.2, 0.25) is 0 Å². The fourth-order valence-corrected chi connectivity index (χ4v) is 4.26. The molecule has 2 heterocycles. The summed E-state index contributed by atoms with van der Waals surface area (Å²) < 4.78 is 0.537. The molecule has 0 spiro atoms. The molecule has 1 saturated heterocycles. The summed E-state index contributed by atoms with van der Waals surface area (Å²) in [4.78, 5) is 27.3. The number of aromatic nitrogens is 1. The summed E-state index contributed by atoms with van der Waals surface area (Å²) >= 11 is 13.6. The Labute approximate surface area is 188 Å². The van der Waals surface area contributed by atoms with Gasteiger partial charge in [0, 0.05) is 19.1 Å². The van der Waals surface area contributed by atoms with Crippen molar-refractivity contribution in [3.05, 3.63) is 14.5 Å². The lowest BCUT2D eigenvalue weighted by molar-refractivity contribution is -0.165. The molecule has 0 amide bonds. The van der Waals surface area contributed by atoms with Crippen molar-refractivity contribution in [2.75, 3.05) is 19.6 Å². The highest BCUT2D eigenvalue weighted by Crippen LogP contribution is 2.29. The molecular weight excluding hydrogens is 461 g/mol. The Kier molecular flexibility index (Phi) is 13.6. The van der Waals surface area contributed by atoms with Crippen LogP contribution >= 0.6 is 34.5 Å². The minimum Gasteiger partial charge on any atom is -0.479 e. The molecule has 1 aromatic heterocycles. The molecule has 0 radical (unpaired) electrons. The molecule has 2 unspecified atom stereocenters. The van der Waals surface area contributed by atoms with Gasteiger partial charge < -0.3 is 31.2 Å². The van der Waals surface area contributed by atoms with Crippen LogP contribution < -0.4 is 5.32 Å². The van der Waals surface area contributed by atoms with E-state index in [0.717, 1.165) is 31.1 Å². The molecule has 13 heteroatoms. The highest BCUT2D eigenvalue weighted by Gasteiger charge is 2.29. The standard InChI is InChI=1S/C13H21Cl2N3S.C4H6O6.H2O/c1-9(2)7-18(10-3-5-16-6-4-10)8-11-12(14)17-13(15)19-11;5-1(3(7)8)2(6)4(9)10;/h9-10,16H,3-8H2,1-2H3;1-2,5-6H,(H,7,8)(H,9,10);1H2. The van der Waals surface area contributed by atoms with Crippen molar-refractivity contribution < 1.29 is 35.5 Å². The lowest BCUT2D eigenvalue weighted by Crippen LogP contribution is -2.44. The van der Waals surface area contributed by atoms with Gasteiger partial charge in [0.25, 0.3) is 0 Å². The topological polar surface area (TPSA) is 175 Å². The van der Waals surface area contributed by atoms with E-state index in [4.69, 9.17) is 43.6 Å². The first kappa shape index (κ1) is 28.9. The van der Waals surface area contributed by atoms with Gasteiger partial charge in [0.05, 0.1) is 4.88 Å². The van der Waals surface area contributed by atoms with Crippen LogP contribution in [0.5, 0.6) is 0 Å². The second-order valence-electron chi connectivity index (χ2n) is 7.05. The second-order valence-corrected chi connectivity index (χ2v) is 9.08. The number of hydrogen-bond donors (Lipinski definition) is 5. The maximum Gasteiger partial charge on any atom is 0.335 e. The summed E-state index contributed by atoms with van der Waals surface area (Å²) in [5, 5.41) is 36.5. The fourth-order valence-electron chi connectivity index (χ4n) is 2.84. The van der Waals surface area contributed by atoms with Gasteiger partial charge in [-0.15, -0.1) is 11.3 Å². The van der Waals surface area contributed by atoms with Crippen molar-refractivity contribution in [3.63, 3.8) is 0 Å². The highest BCUT2D eigenvalue weighted by atomic mass is 35.5. The molecule has 1 aromatic rings. The normalized spacial score (nSPS) is 16.4. The minimum atomic E-state index is -2.27. The number of aliphatic hydroxyl groups is 2. The smallest absolute Gasteiger partial charge is 0.335 e. The van der Waals surface area contributed by atoms with E-state index in [-0.39, 0.29) is 5.48 Å². The molecule has 1 aliphatic rings. The largest absolute Gasteiger partial charge is 0.479 e. The molecule has 7 N–H and O–H groups in total. The molecule has 10 nitrogen and oxygen atoms in total. The van der Waals surface area contributed by atoms with Crippen LogP contribution in [0.2, 0.25) is 9.62 Å². The van der Waals surface area contributed by atoms with Crippen LogP contribution in [0.1, 0.15) is 31.6 Å². The van der Waals surface area contributed by atoms with Crippen LogP contribution in [0, 0.1) is 5.92 Å². The number of piperidine rings is 1. The van der Waals surface area contributed by atoms with E-state index in [0.29, 0.717) is 21.6 Å². The Balaban J connectivity index is 0.000000658. The van der Waals surface area contributed by atoms with Crippen LogP contribution in [0.4, 0.5) is 0 Å². The van der Waals surface area contributed by atoms with Crippen molar-refractivity contribution >= 4 is 46.5 Å². The van der Waals surface area contributed by atoms with Crippen LogP contribution in [-0.4, -0.2) is 85.6 Å². The van der Waals surface area contributed by atoms with Gasteiger partial charge in [-0.05, 0) is 31.8 Å². The first-order valence-corrected chi connectivity index (χ1v) is 10.7. The summed E-state index contributed by atoms with van der Waals surface area (Å²) in [6, 6.07) is 0.639. The fraction of sp³-hybridized carbons (Fsp3) is 0.706. The molecule has 2 rings (SSSR count). The number of rotatable bonds is 8. The first-order valence-electron chi connectivity index (χ1n) is 9.10. The lowest BCUT2D eigenvalue weighted by Gasteiger charge is -2.35. The highest BCUT2D eigenvalue weighted by molar-refractivity contribution is 7.16. The summed E-state index contributed by atoms with van der Waals surface area (Å²) in [6.07, 6.45) is -2.12. The number of nitrogens with one attached hydrogen (secondary N) is 1. The number of aliphatic carboxylic acids is 2. The Morgan fingerprint density at radius 2 is 1.67 bits per heavy atom. The molecule has 1 aliphatic heterocycles. The molecule has 1 fully saturated rings.